The summed E-state index contributed by atoms with van der Waals surface area (Å²) in [6, 6.07) is 13.3. The predicted octanol–water partition coefficient (Wildman–Crippen LogP) is 4.33. The highest BCUT2D eigenvalue weighted by molar-refractivity contribution is 6.30. The summed E-state index contributed by atoms with van der Waals surface area (Å²) in [5.74, 6) is 0.672. The second-order valence-electron chi connectivity index (χ2n) is 5.59. The van der Waals surface area contributed by atoms with E-state index in [9.17, 15) is 0 Å². The van der Waals surface area contributed by atoms with Crippen molar-refractivity contribution in [2.24, 2.45) is 0 Å². The SMILES string of the molecule is C[C@@H](NC1CC(c2ccc(Cl)cc2)C1)c1cccnc1. The minimum atomic E-state index is 0.361. The van der Waals surface area contributed by atoms with E-state index in [1.807, 2.05) is 30.6 Å². The van der Waals surface area contributed by atoms with Crippen molar-refractivity contribution in [1.82, 2.24) is 10.3 Å². The van der Waals surface area contributed by atoms with Gasteiger partial charge in [-0.1, -0.05) is 29.8 Å². The van der Waals surface area contributed by atoms with E-state index in [1.54, 1.807) is 0 Å². The molecular weight excluding hydrogens is 268 g/mol. The maximum Gasteiger partial charge on any atom is 0.0406 e. The molecule has 1 N–H and O–H groups in total. The summed E-state index contributed by atoms with van der Waals surface area (Å²) in [5, 5.41) is 4.49. The van der Waals surface area contributed by atoms with Crippen molar-refractivity contribution in [1.29, 1.82) is 0 Å². The lowest BCUT2D eigenvalue weighted by Crippen LogP contribution is -2.41. The topological polar surface area (TPSA) is 24.9 Å². The Morgan fingerprint density at radius 1 is 1.20 bits per heavy atom. The normalized spacial score (nSPS) is 23.1. The van der Waals surface area contributed by atoms with Crippen molar-refractivity contribution in [2.45, 2.75) is 37.8 Å². The Hall–Kier alpha value is -1.38. The third-order valence-corrected chi connectivity index (χ3v) is 4.40. The zero-order valence-electron chi connectivity index (χ0n) is 11.6. The molecule has 1 saturated carbocycles. The summed E-state index contributed by atoms with van der Waals surface area (Å²) in [5.41, 5.74) is 2.66. The van der Waals surface area contributed by atoms with Crippen molar-refractivity contribution < 1.29 is 0 Å². The Kier molecular flexibility index (Phi) is 4.04. The largest absolute Gasteiger partial charge is 0.307 e. The molecule has 0 radical (unpaired) electrons. The van der Waals surface area contributed by atoms with Gasteiger partial charge >= 0.3 is 0 Å². The van der Waals surface area contributed by atoms with E-state index in [-0.39, 0.29) is 0 Å². The number of hydrogen-bond acceptors (Lipinski definition) is 2. The summed E-state index contributed by atoms with van der Waals surface area (Å²) in [4.78, 5) is 4.18. The predicted molar refractivity (Wildman–Crippen MR) is 83.0 cm³/mol. The lowest BCUT2D eigenvalue weighted by atomic mass is 9.75. The number of nitrogens with one attached hydrogen (secondary N) is 1. The van der Waals surface area contributed by atoms with Crippen LogP contribution in [0.15, 0.2) is 48.8 Å². The fourth-order valence-corrected chi connectivity index (χ4v) is 2.97. The number of rotatable bonds is 4. The average Bonchev–Trinajstić information content (AvgIpc) is 2.44. The highest BCUT2D eigenvalue weighted by Gasteiger charge is 2.30. The van der Waals surface area contributed by atoms with Gasteiger partial charge in [0.2, 0.25) is 0 Å². The van der Waals surface area contributed by atoms with Crippen LogP contribution in [0.2, 0.25) is 5.02 Å². The maximum absolute atomic E-state index is 5.92. The lowest BCUT2D eigenvalue weighted by molar-refractivity contribution is 0.271. The summed E-state index contributed by atoms with van der Waals surface area (Å²) in [6.07, 6.45) is 6.15. The van der Waals surface area contributed by atoms with Crippen LogP contribution >= 0.6 is 11.6 Å². The molecule has 1 fully saturated rings. The van der Waals surface area contributed by atoms with Gasteiger partial charge in [0.25, 0.3) is 0 Å². The van der Waals surface area contributed by atoms with Crippen molar-refractivity contribution in [3.63, 3.8) is 0 Å². The van der Waals surface area contributed by atoms with Gasteiger partial charge in [0.1, 0.15) is 0 Å². The zero-order valence-corrected chi connectivity index (χ0v) is 12.3. The van der Waals surface area contributed by atoms with Crippen molar-refractivity contribution in [3.8, 4) is 0 Å². The van der Waals surface area contributed by atoms with Crippen LogP contribution in [0.3, 0.4) is 0 Å². The highest BCUT2D eigenvalue weighted by atomic mass is 35.5. The van der Waals surface area contributed by atoms with Gasteiger partial charge in [-0.05, 0) is 55.0 Å². The molecule has 0 unspecified atom stereocenters. The molecule has 1 aromatic carbocycles. The average molecular weight is 287 g/mol. The van der Waals surface area contributed by atoms with Crippen LogP contribution in [0.1, 0.15) is 42.9 Å². The Labute approximate surface area is 125 Å². The Morgan fingerprint density at radius 2 is 1.95 bits per heavy atom. The van der Waals surface area contributed by atoms with Crippen LogP contribution in [-0.2, 0) is 0 Å². The summed E-state index contributed by atoms with van der Waals surface area (Å²) in [6.45, 7) is 2.20. The molecule has 104 valence electrons. The van der Waals surface area contributed by atoms with E-state index in [2.05, 4.69) is 35.4 Å². The van der Waals surface area contributed by atoms with E-state index in [1.165, 1.54) is 24.0 Å². The molecule has 2 nitrogen and oxygen atoms in total. The monoisotopic (exact) mass is 286 g/mol. The van der Waals surface area contributed by atoms with Crippen LogP contribution in [0, 0.1) is 0 Å². The summed E-state index contributed by atoms with van der Waals surface area (Å²) in [7, 11) is 0. The van der Waals surface area contributed by atoms with Gasteiger partial charge in [0.15, 0.2) is 0 Å². The molecule has 1 aliphatic rings. The standard InChI is InChI=1S/C17H19ClN2/c1-12(14-3-2-8-19-11-14)20-17-9-15(10-17)13-4-6-16(18)7-5-13/h2-8,11-12,15,17,20H,9-10H2,1H3/t12-,15?,17?/m1/s1. The van der Waals surface area contributed by atoms with Gasteiger partial charge < -0.3 is 5.32 Å². The molecule has 0 bridgehead atoms. The first-order valence-corrected chi connectivity index (χ1v) is 7.51. The number of nitrogens with zero attached hydrogens (tertiary/aromatic N) is 1. The molecule has 1 aliphatic carbocycles. The maximum atomic E-state index is 5.92. The van der Waals surface area contributed by atoms with Crippen molar-refractivity contribution >= 4 is 11.6 Å². The van der Waals surface area contributed by atoms with Crippen LogP contribution in [0.4, 0.5) is 0 Å². The molecule has 2 aromatic rings. The first-order valence-electron chi connectivity index (χ1n) is 7.14. The molecule has 3 heteroatoms. The lowest BCUT2D eigenvalue weighted by Gasteiger charge is -2.38. The smallest absolute Gasteiger partial charge is 0.0406 e. The quantitative estimate of drug-likeness (QED) is 0.905. The second kappa shape index (κ2) is 5.94. The number of hydrogen-bond donors (Lipinski definition) is 1. The van der Waals surface area contributed by atoms with E-state index < -0.39 is 0 Å². The van der Waals surface area contributed by atoms with Gasteiger partial charge in [-0.3, -0.25) is 4.98 Å². The van der Waals surface area contributed by atoms with Crippen LogP contribution < -0.4 is 5.32 Å². The van der Waals surface area contributed by atoms with Crippen LogP contribution in [-0.4, -0.2) is 11.0 Å². The molecule has 0 spiro atoms. The van der Waals surface area contributed by atoms with Gasteiger partial charge in [0.05, 0.1) is 0 Å². The third-order valence-electron chi connectivity index (χ3n) is 4.15. The Morgan fingerprint density at radius 3 is 2.60 bits per heavy atom. The molecule has 1 aromatic heterocycles. The second-order valence-corrected chi connectivity index (χ2v) is 6.03. The molecule has 3 rings (SSSR count). The zero-order chi connectivity index (χ0) is 13.9. The van der Waals surface area contributed by atoms with E-state index >= 15 is 0 Å². The molecule has 0 aliphatic heterocycles. The van der Waals surface area contributed by atoms with Gasteiger partial charge in [-0.2, -0.15) is 0 Å². The first kappa shape index (κ1) is 13.6. The van der Waals surface area contributed by atoms with Gasteiger partial charge in [0, 0.05) is 29.5 Å². The van der Waals surface area contributed by atoms with Gasteiger partial charge in [-0.25, -0.2) is 0 Å². The summed E-state index contributed by atoms with van der Waals surface area (Å²) >= 11 is 5.92. The molecule has 20 heavy (non-hydrogen) atoms. The number of aromatic nitrogens is 1. The fraction of sp³-hybridized carbons (Fsp3) is 0.353. The molecule has 0 amide bonds. The molecule has 1 atom stereocenters. The fourth-order valence-electron chi connectivity index (χ4n) is 2.84. The minimum Gasteiger partial charge on any atom is -0.307 e. The van der Waals surface area contributed by atoms with Crippen LogP contribution in [0.5, 0.6) is 0 Å². The Bertz CT molecular complexity index is 547. The van der Waals surface area contributed by atoms with Crippen molar-refractivity contribution in [3.05, 3.63) is 64.9 Å². The van der Waals surface area contributed by atoms with E-state index in [4.69, 9.17) is 11.6 Å². The van der Waals surface area contributed by atoms with Crippen LogP contribution in [0.25, 0.3) is 0 Å². The Balaban J connectivity index is 1.52. The molecule has 1 heterocycles. The number of benzene rings is 1. The number of halogens is 1. The molecular formula is C17H19ClN2. The molecule has 0 saturated heterocycles. The van der Waals surface area contributed by atoms with E-state index in [0.29, 0.717) is 18.0 Å². The third kappa shape index (κ3) is 3.02. The highest BCUT2D eigenvalue weighted by Crippen LogP contribution is 2.38. The van der Waals surface area contributed by atoms with Crippen molar-refractivity contribution in [2.75, 3.05) is 0 Å². The first-order chi connectivity index (χ1) is 9.72. The van der Waals surface area contributed by atoms with Gasteiger partial charge in [-0.15, -0.1) is 0 Å². The minimum absolute atomic E-state index is 0.361. The van der Waals surface area contributed by atoms with E-state index in [0.717, 1.165) is 5.02 Å². The number of pyridine rings is 1. The summed E-state index contributed by atoms with van der Waals surface area (Å²) < 4.78 is 0.